The summed E-state index contributed by atoms with van der Waals surface area (Å²) >= 11 is 0. The van der Waals surface area contributed by atoms with Crippen LogP contribution in [-0.4, -0.2) is 39.1 Å². The largest absolute Gasteiger partial charge is 0.496 e. The van der Waals surface area contributed by atoms with Gasteiger partial charge in [0.1, 0.15) is 11.3 Å². The first-order valence-corrected chi connectivity index (χ1v) is 10.7. The molecule has 1 heterocycles. The predicted molar refractivity (Wildman–Crippen MR) is 117 cm³/mol. The van der Waals surface area contributed by atoms with E-state index in [1.165, 1.54) is 7.11 Å². The van der Waals surface area contributed by atoms with E-state index in [1.807, 2.05) is 31.2 Å². The van der Waals surface area contributed by atoms with Crippen LogP contribution in [-0.2, 0) is 14.8 Å². The number of nitrogens with two attached hydrogens (primary N) is 1. The second-order valence-electron chi connectivity index (χ2n) is 6.51. The van der Waals surface area contributed by atoms with Gasteiger partial charge < -0.3 is 10.5 Å². The van der Waals surface area contributed by atoms with Crippen molar-refractivity contribution in [3.05, 3.63) is 48.0 Å². The molecule has 0 fully saturated rings. The number of nitrogens with zero attached hydrogens (tertiary/aromatic N) is 2. The molecule has 0 unspecified atom stereocenters. The van der Waals surface area contributed by atoms with E-state index >= 15 is 0 Å². The minimum Gasteiger partial charge on any atom is -0.496 e. The standard InChI is InChI=1S/C20H21N5O4S/c1-12-6-4-5-7-13(12)15-10-16(24-20(21)22-11-26)18-17(29-2)9-8-14(19(18)23-15)25-30(3,27)28/h4-11,25H,1-3H3,(H3,21,22,23,24,26). The average Bonchev–Trinajstić information content (AvgIpc) is 2.67. The lowest BCUT2D eigenvalue weighted by Gasteiger charge is -2.15. The highest BCUT2D eigenvalue weighted by molar-refractivity contribution is 7.92. The number of rotatable bonds is 6. The number of guanidine groups is 1. The summed E-state index contributed by atoms with van der Waals surface area (Å²) in [4.78, 5) is 19.8. The molecule has 0 aliphatic heterocycles. The van der Waals surface area contributed by atoms with Crippen LogP contribution in [0.3, 0.4) is 0 Å². The molecule has 3 aromatic rings. The van der Waals surface area contributed by atoms with Gasteiger partial charge in [0, 0.05) is 5.56 Å². The van der Waals surface area contributed by atoms with Crippen LogP contribution in [0.2, 0.25) is 0 Å². The number of hydrogen-bond donors (Lipinski definition) is 3. The van der Waals surface area contributed by atoms with Gasteiger partial charge >= 0.3 is 0 Å². The van der Waals surface area contributed by atoms with Crippen molar-refractivity contribution >= 4 is 44.7 Å². The molecule has 0 saturated carbocycles. The van der Waals surface area contributed by atoms with Crippen LogP contribution in [0.4, 0.5) is 11.4 Å². The van der Waals surface area contributed by atoms with Gasteiger partial charge in [0.05, 0.1) is 35.8 Å². The number of carbonyl (C=O) groups excluding carboxylic acids is 1. The SMILES string of the molecule is COc1ccc(NS(C)(=O)=O)c2nc(-c3ccccc3C)cc(N=C(N)NC=O)c12. The van der Waals surface area contributed by atoms with Crippen LogP contribution in [0.5, 0.6) is 5.75 Å². The van der Waals surface area contributed by atoms with E-state index in [-0.39, 0.29) is 11.6 Å². The summed E-state index contributed by atoms with van der Waals surface area (Å²) in [5.74, 6) is 0.294. The van der Waals surface area contributed by atoms with E-state index in [9.17, 15) is 13.2 Å². The van der Waals surface area contributed by atoms with E-state index < -0.39 is 10.0 Å². The lowest BCUT2D eigenvalue weighted by atomic mass is 10.0. The Morgan fingerprint density at radius 2 is 1.97 bits per heavy atom. The number of aromatic nitrogens is 1. The highest BCUT2D eigenvalue weighted by Gasteiger charge is 2.18. The molecular formula is C20H21N5O4S. The monoisotopic (exact) mass is 427 g/mol. The van der Waals surface area contributed by atoms with Crippen molar-refractivity contribution in [3.63, 3.8) is 0 Å². The van der Waals surface area contributed by atoms with E-state index in [0.29, 0.717) is 34.4 Å². The van der Waals surface area contributed by atoms with Gasteiger partial charge in [0.25, 0.3) is 0 Å². The summed E-state index contributed by atoms with van der Waals surface area (Å²) in [6, 6.07) is 12.5. The summed E-state index contributed by atoms with van der Waals surface area (Å²) in [7, 11) is -2.09. The Morgan fingerprint density at radius 1 is 1.23 bits per heavy atom. The minimum atomic E-state index is -3.57. The third kappa shape index (κ3) is 4.49. The number of fused-ring (bicyclic) bond motifs is 1. The van der Waals surface area contributed by atoms with Gasteiger partial charge in [-0.3, -0.25) is 14.8 Å². The molecule has 0 aliphatic rings. The maximum atomic E-state index is 11.9. The van der Waals surface area contributed by atoms with Gasteiger partial charge in [-0.2, -0.15) is 0 Å². The van der Waals surface area contributed by atoms with Gasteiger partial charge in [-0.25, -0.2) is 18.4 Å². The van der Waals surface area contributed by atoms with Crippen molar-refractivity contribution < 1.29 is 17.9 Å². The molecule has 10 heteroatoms. The predicted octanol–water partition coefficient (Wildman–Crippen LogP) is 2.28. The van der Waals surface area contributed by atoms with Crippen LogP contribution >= 0.6 is 0 Å². The Labute approximate surface area is 174 Å². The number of aryl methyl sites for hydroxylation is 1. The maximum Gasteiger partial charge on any atom is 0.229 e. The number of benzene rings is 2. The van der Waals surface area contributed by atoms with Crippen molar-refractivity contribution in [2.24, 2.45) is 10.7 Å². The molecule has 0 atom stereocenters. The van der Waals surface area contributed by atoms with E-state index in [4.69, 9.17) is 15.5 Å². The van der Waals surface area contributed by atoms with E-state index in [1.54, 1.807) is 18.2 Å². The second kappa shape index (κ2) is 8.37. The summed E-state index contributed by atoms with van der Waals surface area (Å²) in [5.41, 5.74) is 9.12. The summed E-state index contributed by atoms with van der Waals surface area (Å²) in [5, 5.41) is 2.74. The Morgan fingerprint density at radius 3 is 2.60 bits per heavy atom. The molecule has 1 amide bonds. The molecule has 0 bridgehead atoms. The zero-order chi connectivity index (χ0) is 21.9. The minimum absolute atomic E-state index is 0.128. The summed E-state index contributed by atoms with van der Waals surface area (Å²) < 4.78 is 31.7. The lowest BCUT2D eigenvalue weighted by Crippen LogP contribution is -2.29. The molecule has 2 aromatic carbocycles. The number of hydrogen-bond acceptors (Lipinski definition) is 6. The molecule has 0 spiro atoms. The highest BCUT2D eigenvalue weighted by atomic mass is 32.2. The van der Waals surface area contributed by atoms with Crippen molar-refractivity contribution in [2.45, 2.75) is 6.92 Å². The van der Waals surface area contributed by atoms with Crippen molar-refractivity contribution in [2.75, 3.05) is 18.1 Å². The highest BCUT2D eigenvalue weighted by Crippen LogP contribution is 2.40. The van der Waals surface area contributed by atoms with E-state index in [2.05, 4.69) is 15.0 Å². The molecule has 4 N–H and O–H groups in total. The molecule has 30 heavy (non-hydrogen) atoms. The fourth-order valence-corrected chi connectivity index (χ4v) is 3.62. The molecule has 0 radical (unpaired) electrons. The number of aliphatic imine (C=N–C) groups is 1. The fraction of sp³-hybridized carbons (Fsp3) is 0.150. The van der Waals surface area contributed by atoms with Crippen LogP contribution in [0.1, 0.15) is 5.56 Å². The number of sulfonamides is 1. The van der Waals surface area contributed by atoms with Gasteiger partial charge in [-0.1, -0.05) is 24.3 Å². The van der Waals surface area contributed by atoms with Gasteiger partial charge in [0.15, 0.2) is 5.96 Å². The van der Waals surface area contributed by atoms with Crippen molar-refractivity contribution in [1.82, 2.24) is 10.3 Å². The molecule has 0 saturated heterocycles. The van der Waals surface area contributed by atoms with Crippen LogP contribution in [0.25, 0.3) is 22.2 Å². The first-order valence-electron chi connectivity index (χ1n) is 8.83. The van der Waals surface area contributed by atoms with Gasteiger partial charge in [-0.15, -0.1) is 0 Å². The van der Waals surface area contributed by atoms with Crippen LogP contribution < -0.4 is 20.5 Å². The summed E-state index contributed by atoms with van der Waals surface area (Å²) in [6.07, 6.45) is 1.47. The van der Waals surface area contributed by atoms with E-state index in [0.717, 1.165) is 17.4 Å². The smallest absolute Gasteiger partial charge is 0.229 e. The first-order chi connectivity index (χ1) is 14.2. The number of anilines is 1. The number of carbonyl (C=O) groups is 1. The number of pyridine rings is 1. The molecular weight excluding hydrogens is 406 g/mol. The maximum absolute atomic E-state index is 11.9. The van der Waals surface area contributed by atoms with Crippen LogP contribution in [0.15, 0.2) is 47.5 Å². The number of amides is 1. The topological polar surface area (TPSA) is 136 Å². The van der Waals surface area contributed by atoms with Crippen molar-refractivity contribution in [3.8, 4) is 17.0 Å². The van der Waals surface area contributed by atoms with Gasteiger partial charge in [-0.05, 0) is 30.7 Å². The Kier molecular flexibility index (Phi) is 5.88. The van der Waals surface area contributed by atoms with Crippen LogP contribution in [0, 0.1) is 6.92 Å². The Balaban J connectivity index is 2.43. The fourth-order valence-electron chi connectivity index (χ4n) is 3.05. The molecule has 3 rings (SSSR count). The number of ether oxygens (including phenoxy) is 1. The third-order valence-electron chi connectivity index (χ3n) is 4.29. The molecule has 156 valence electrons. The second-order valence-corrected chi connectivity index (χ2v) is 8.26. The van der Waals surface area contributed by atoms with Gasteiger partial charge in [0.2, 0.25) is 16.4 Å². The molecule has 0 aliphatic carbocycles. The Bertz CT molecular complexity index is 1260. The quantitative estimate of drug-likeness (QED) is 0.314. The molecule has 9 nitrogen and oxygen atoms in total. The zero-order valence-corrected chi connectivity index (χ0v) is 17.4. The van der Waals surface area contributed by atoms with Crippen molar-refractivity contribution in [1.29, 1.82) is 0 Å². The average molecular weight is 427 g/mol. The lowest BCUT2D eigenvalue weighted by molar-refractivity contribution is -0.108. The third-order valence-corrected chi connectivity index (χ3v) is 4.88. The number of methoxy groups -OCH3 is 1. The first kappa shape index (κ1) is 21.1. The number of nitrogens with one attached hydrogen (secondary N) is 2. The zero-order valence-electron chi connectivity index (χ0n) is 16.6. The Hall–Kier alpha value is -3.66. The summed E-state index contributed by atoms with van der Waals surface area (Å²) in [6.45, 7) is 1.94. The normalized spacial score (nSPS) is 11.9. The molecule has 1 aromatic heterocycles.